The van der Waals surface area contributed by atoms with E-state index in [0.717, 1.165) is 56.4 Å². The molecule has 1 fully saturated rings. The maximum atomic E-state index is 4.82. The van der Waals surface area contributed by atoms with Gasteiger partial charge in [-0.05, 0) is 38.2 Å². The highest BCUT2D eigenvalue weighted by atomic mass is 15.4. The Labute approximate surface area is 157 Å². The molecule has 0 aliphatic carbocycles. The van der Waals surface area contributed by atoms with Crippen LogP contribution in [0.1, 0.15) is 56.0 Å². The van der Waals surface area contributed by atoms with Crippen LogP contribution >= 0.6 is 0 Å². The first-order valence-electron chi connectivity index (χ1n) is 9.92. The van der Waals surface area contributed by atoms with E-state index in [1.54, 1.807) is 0 Å². The quantitative estimate of drug-likeness (QED) is 0.696. The van der Waals surface area contributed by atoms with Gasteiger partial charge in [0.2, 0.25) is 0 Å². The molecule has 0 spiro atoms. The summed E-state index contributed by atoms with van der Waals surface area (Å²) < 4.78 is 0. The first kappa shape index (κ1) is 18.6. The average molecular weight is 354 g/mol. The van der Waals surface area contributed by atoms with E-state index in [2.05, 4.69) is 59.9 Å². The van der Waals surface area contributed by atoms with Crippen molar-refractivity contribution in [1.82, 2.24) is 15.4 Å². The van der Waals surface area contributed by atoms with Crippen LogP contribution in [-0.4, -0.2) is 23.1 Å². The standard InChI is InChI=1S/C21H31N5/c1-3-4-11-19-23-20(15-21(24-19)26-12-6-5-7-13-26)25-22-16-18-10-8-9-17(2)14-18/h8-10,14-15,22H,3-7,11-13,16H2,1-2H3,(H,23,24,25). The van der Waals surface area contributed by atoms with Gasteiger partial charge in [-0.15, -0.1) is 0 Å². The van der Waals surface area contributed by atoms with E-state index in [1.165, 1.54) is 30.4 Å². The maximum Gasteiger partial charge on any atom is 0.146 e. The molecule has 3 rings (SSSR count). The zero-order valence-electron chi connectivity index (χ0n) is 16.1. The van der Waals surface area contributed by atoms with Crippen molar-refractivity contribution in [2.24, 2.45) is 0 Å². The molecule has 2 heterocycles. The van der Waals surface area contributed by atoms with Crippen LogP contribution in [0.3, 0.4) is 0 Å². The second-order valence-corrected chi connectivity index (χ2v) is 7.15. The number of piperidine rings is 1. The van der Waals surface area contributed by atoms with Crippen LogP contribution in [-0.2, 0) is 13.0 Å². The summed E-state index contributed by atoms with van der Waals surface area (Å²) in [6, 6.07) is 10.6. The SMILES string of the molecule is CCCCc1nc(NNCc2cccc(C)c2)cc(N2CCCCC2)n1. The highest BCUT2D eigenvalue weighted by Crippen LogP contribution is 2.21. The van der Waals surface area contributed by atoms with Gasteiger partial charge < -0.3 is 10.3 Å². The summed E-state index contributed by atoms with van der Waals surface area (Å²) in [6.45, 7) is 7.28. The van der Waals surface area contributed by atoms with Gasteiger partial charge in [0.05, 0.1) is 0 Å². The first-order chi connectivity index (χ1) is 12.7. The molecule has 0 bridgehead atoms. The number of nitrogens with zero attached hydrogens (tertiary/aromatic N) is 3. The molecule has 5 nitrogen and oxygen atoms in total. The minimum Gasteiger partial charge on any atom is -0.356 e. The molecule has 1 aliphatic rings. The predicted molar refractivity (Wildman–Crippen MR) is 108 cm³/mol. The van der Waals surface area contributed by atoms with Gasteiger partial charge in [-0.3, -0.25) is 0 Å². The number of rotatable bonds is 8. The van der Waals surface area contributed by atoms with Crippen LogP contribution in [0.4, 0.5) is 11.6 Å². The molecule has 1 aliphatic heterocycles. The first-order valence-corrected chi connectivity index (χ1v) is 9.92. The van der Waals surface area contributed by atoms with Crippen LogP contribution in [0.5, 0.6) is 0 Å². The molecule has 1 aromatic carbocycles. The highest BCUT2D eigenvalue weighted by molar-refractivity contribution is 5.49. The van der Waals surface area contributed by atoms with E-state index >= 15 is 0 Å². The molecule has 5 heteroatoms. The Bertz CT molecular complexity index is 695. The van der Waals surface area contributed by atoms with Gasteiger partial charge in [-0.25, -0.2) is 15.4 Å². The third-order valence-corrected chi connectivity index (χ3v) is 4.78. The van der Waals surface area contributed by atoms with E-state index in [9.17, 15) is 0 Å². The van der Waals surface area contributed by atoms with Crippen molar-refractivity contribution < 1.29 is 0 Å². The largest absolute Gasteiger partial charge is 0.356 e. The minimum atomic E-state index is 0.759. The summed E-state index contributed by atoms with van der Waals surface area (Å²) in [5.41, 5.74) is 9.12. The highest BCUT2D eigenvalue weighted by Gasteiger charge is 2.14. The van der Waals surface area contributed by atoms with E-state index in [4.69, 9.17) is 9.97 Å². The third-order valence-electron chi connectivity index (χ3n) is 4.78. The molecule has 0 radical (unpaired) electrons. The van der Waals surface area contributed by atoms with Crippen LogP contribution < -0.4 is 15.8 Å². The number of hydrogen-bond donors (Lipinski definition) is 2. The molecular weight excluding hydrogens is 322 g/mol. The number of hydrogen-bond acceptors (Lipinski definition) is 5. The van der Waals surface area contributed by atoms with Gasteiger partial charge in [0.15, 0.2) is 0 Å². The maximum absolute atomic E-state index is 4.82. The Morgan fingerprint density at radius 2 is 1.92 bits per heavy atom. The molecule has 0 atom stereocenters. The summed E-state index contributed by atoms with van der Waals surface area (Å²) in [5.74, 6) is 2.86. The molecular formula is C21H31N5. The topological polar surface area (TPSA) is 53.1 Å². The van der Waals surface area contributed by atoms with E-state index in [-0.39, 0.29) is 0 Å². The second kappa shape index (κ2) is 9.53. The third kappa shape index (κ3) is 5.43. The smallest absolute Gasteiger partial charge is 0.146 e. The number of aryl methyl sites for hydroxylation is 2. The van der Waals surface area contributed by atoms with Gasteiger partial charge in [0, 0.05) is 32.1 Å². The van der Waals surface area contributed by atoms with Crippen molar-refractivity contribution in [3.8, 4) is 0 Å². The molecule has 0 saturated carbocycles. The lowest BCUT2D eigenvalue weighted by Gasteiger charge is -2.28. The summed E-state index contributed by atoms with van der Waals surface area (Å²) >= 11 is 0. The lowest BCUT2D eigenvalue weighted by atomic mass is 10.1. The Morgan fingerprint density at radius 3 is 2.69 bits per heavy atom. The number of hydrazine groups is 1. The number of unbranched alkanes of at least 4 members (excludes halogenated alkanes) is 1. The predicted octanol–water partition coefficient (Wildman–Crippen LogP) is 4.23. The number of benzene rings is 1. The van der Waals surface area contributed by atoms with Crippen LogP contribution in [0.25, 0.3) is 0 Å². The monoisotopic (exact) mass is 353 g/mol. The van der Waals surface area contributed by atoms with Crippen molar-refractivity contribution >= 4 is 11.6 Å². The molecule has 1 aromatic heterocycles. The zero-order chi connectivity index (χ0) is 18.2. The van der Waals surface area contributed by atoms with Crippen molar-refractivity contribution in [2.45, 2.75) is 58.9 Å². The number of aromatic nitrogens is 2. The van der Waals surface area contributed by atoms with Crippen molar-refractivity contribution in [1.29, 1.82) is 0 Å². The zero-order valence-corrected chi connectivity index (χ0v) is 16.1. The summed E-state index contributed by atoms with van der Waals surface area (Å²) in [4.78, 5) is 11.9. The van der Waals surface area contributed by atoms with E-state index < -0.39 is 0 Å². The molecule has 0 amide bonds. The summed E-state index contributed by atoms with van der Waals surface area (Å²) in [6.07, 6.45) is 7.05. The van der Waals surface area contributed by atoms with Crippen LogP contribution in [0, 0.1) is 6.92 Å². The minimum absolute atomic E-state index is 0.759. The second-order valence-electron chi connectivity index (χ2n) is 7.15. The van der Waals surface area contributed by atoms with Crippen molar-refractivity contribution in [3.05, 3.63) is 47.3 Å². The van der Waals surface area contributed by atoms with E-state index in [0.29, 0.717) is 0 Å². The summed E-state index contributed by atoms with van der Waals surface area (Å²) in [7, 11) is 0. The van der Waals surface area contributed by atoms with Gasteiger partial charge in [0.25, 0.3) is 0 Å². The lowest BCUT2D eigenvalue weighted by Crippen LogP contribution is -2.31. The fraction of sp³-hybridized carbons (Fsp3) is 0.524. The van der Waals surface area contributed by atoms with Crippen LogP contribution in [0.15, 0.2) is 30.3 Å². The molecule has 26 heavy (non-hydrogen) atoms. The molecule has 0 unspecified atom stereocenters. The van der Waals surface area contributed by atoms with Gasteiger partial charge >= 0.3 is 0 Å². The Hall–Kier alpha value is -2.14. The summed E-state index contributed by atoms with van der Waals surface area (Å²) in [5, 5.41) is 0. The molecule has 2 aromatic rings. The molecule has 1 saturated heterocycles. The van der Waals surface area contributed by atoms with Crippen molar-refractivity contribution in [2.75, 3.05) is 23.4 Å². The van der Waals surface area contributed by atoms with E-state index in [1.807, 2.05) is 0 Å². The Balaban J connectivity index is 1.67. The van der Waals surface area contributed by atoms with Gasteiger partial charge in [-0.1, -0.05) is 43.2 Å². The van der Waals surface area contributed by atoms with Gasteiger partial charge in [0.1, 0.15) is 17.5 Å². The van der Waals surface area contributed by atoms with Crippen LogP contribution in [0.2, 0.25) is 0 Å². The Kier molecular flexibility index (Phi) is 6.83. The number of nitrogens with one attached hydrogen (secondary N) is 2. The molecule has 140 valence electrons. The fourth-order valence-corrected chi connectivity index (χ4v) is 3.34. The Morgan fingerprint density at radius 1 is 1.08 bits per heavy atom. The van der Waals surface area contributed by atoms with Crippen molar-refractivity contribution in [3.63, 3.8) is 0 Å². The van der Waals surface area contributed by atoms with Gasteiger partial charge in [-0.2, -0.15) is 0 Å². The normalized spacial score (nSPS) is 14.5. The molecule has 2 N–H and O–H groups in total. The average Bonchev–Trinajstić information content (AvgIpc) is 2.67. The number of anilines is 2. The fourth-order valence-electron chi connectivity index (χ4n) is 3.34. The lowest BCUT2D eigenvalue weighted by molar-refractivity contribution is 0.571.